The van der Waals surface area contributed by atoms with Gasteiger partial charge in [-0.25, -0.2) is 4.39 Å². The van der Waals surface area contributed by atoms with Crippen molar-refractivity contribution in [3.63, 3.8) is 0 Å². The Morgan fingerprint density at radius 3 is 2.03 bits per heavy atom. The first-order valence-electron chi connectivity index (χ1n) is 15.0. The van der Waals surface area contributed by atoms with Gasteiger partial charge in [0.2, 0.25) is 5.91 Å². The SMILES string of the molecule is CC(C)NC(=O)C1(C2CCCCC2)CCCN(CCN2CCN(C(C)C)CC2)CC1.Fc1ccccc1. The molecule has 0 radical (unpaired) electrons. The third-order valence-electron chi connectivity index (χ3n) is 8.83. The molecule has 6 heteroatoms. The lowest BCUT2D eigenvalue weighted by atomic mass is 9.64. The summed E-state index contributed by atoms with van der Waals surface area (Å²) < 4.78 is 11.9. The second kappa shape index (κ2) is 15.2. The summed E-state index contributed by atoms with van der Waals surface area (Å²) in [6, 6.07) is 8.85. The molecular weight excluding hydrogens is 463 g/mol. The molecule has 1 N–H and O–H groups in total. The molecule has 1 atom stereocenters. The number of hydrogen-bond donors (Lipinski definition) is 1. The van der Waals surface area contributed by atoms with E-state index in [9.17, 15) is 9.18 Å². The number of likely N-dealkylation sites (tertiary alicyclic amines) is 1. The van der Waals surface area contributed by atoms with Crippen LogP contribution in [0.1, 0.15) is 79.1 Å². The molecule has 3 fully saturated rings. The Bertz CT molecular complexity index is 775. The molecule has 1 saturated carbocycles. The molecule has 1 amide bonds. The third-order valence-corrected chi connectivity index (χ3v) is 8.83. The van der Waals surface area contributed by atoms with Gasteiger partial charge in [0.05, 0.1) is 5.41 Å². The highest BCUT2D eigenvalue weighted by Gasteiger charge is 2.46. The van der Waals surface area contributed by atoms with Crippen molar-refractivity contribution < 1.29 is 9.18 Å². The molecule has 1 aromatic rings. The maximum absolute atomic E-state index is 13.4. The van der Waals surface area contributed by atoms with Crippen LogP contribution in [0.2, 0.25) is 0 Å². The van der Waals surface area contributed by atoms with E-state index in [4.69, 9.17) is 0 Å². The molecule has 3 aliphatic rings. The molecular formula is C31H53FN4O. The van der Waals surface area contributed by atoms with Crippen molar-refractivity contribution in [2.75, 3.05) is 52.4 Å². The number of nitrogens with one attached hydrogen (secondary N) is 1. The fourth-order valence-electron chi connectivity index (χ4n) is 6.52. The van der Waals surface area contributed by atoms with Gasteiger partial charge in [0.1, 0.15) is 5.82 Å². The molecule has 0 spiro atoms. The zero-order valence-electron chi connectivity index (χ0n) is 24.1. The molecule has 4 rings (SSSR count). The Morgan fingerprint density at radius 1 is 0.865 bits per heavy atom. The van der Waals surface area contributed by atoms with Crippen LogP contribution >= 0.6 is 0 Å². The summed E-state index contributed by atoms with van der Waals surface area (Å²) in [5.41, 5.74) is -0.123. The lowest BCUT2D eigenvalue weighted by molar-refractivity contribution is -0.137. The van der Waals surface area contributed by atoms with Crippen molar-refractivity contribution >= 4 is 5.91 Å². The van der Waals surface area contributed by atoms with Crippen molar-refractivity contribution in [1.29, 1.82) is 0 Å². The molecule has 0 bridgehead atoms. The Morgan fingerprint density at radius 2 is 1.49 bits per heavy atom. The fourth-order valence-corrected chi connectivity index (χ4v) is 6.52. The average molecular weight is 517 g/mol. The van der Waals surface area contributed by atoms with Crippen LogP contribution in [0.5, 0.6) is 0 Å². The monoisotopic (exact) mass is 516 g/mol. The van der Waals surface area contributed by atoms with Gasteiger partial charge in [0, 0.05) is 51.4 Å². The van der Waals surface area contributed by atoms with Crippen molar-refractivity contribution in [1.82, 2.24) is 20.0 Å². The molecule has 0 aromatic heterocycles. The van der Waals surface area contributed by atoms with E-state index in [0.29, 0.717) is 17.9 Å². The van der Waals surface area contributed by atoms with E-state index in [1.165, 1.54) is 83.4 Å². The number of carbonyl (C=O) groups excluding carboxylic acids is 1. The summed E-state index contributed by atoms with van der Waals surface area (Å²) in [4.78, 5) is 21.3. The predicted molar refractivity (Wildman–Crippen MR) is 152 cm³/mol. The summed E-state index contributed by atoms with van der Waals surface area (Å²) >= 11 is 0. The number of carbonyl (C=O) groups is 1. The number of benzene rings is 1. The van der Waals surface area contributed by atoms with Crippen LogP contribution in [0.3, 0.4) is 0 Å². The summed E-state index contributed by atoms with van der Waals surface area (Å²) in [6.07, 6.45) is 9.80. The minimum atomic E-state index is -0.178. The third kappa shape index (κ3) is 9.33. The first kappa shape index (κ1) is 30.0. The van der Waals surface area contributed by atoms with Crippen LogP contribution in [0.15, 0.2) is 30.3 Å². The number of rotatable bonds is 7. The summed E-state index contributed by atoms with van der Waals surface area (Å²) in [5.74, 6) is 0.771. The van der Waals surface area contributed by atoms with Crippen molar-refractivity contribution in [2.45, 2.75) is 91.1 Å². The lowest BCUT2D eigenvalue weighted by Crippen LogP contribution is -2.50. The van der Waals surface area contributed by atoms with Gasteiger partial charge in [-0.3, -0.25) is 14.6 Å². The Balaban J connectivity index is 0.000000468. The van der Waals surface area contributed by atoms with E-state index in [1.54, 1.807) is 18.2 Å². The highest BCUT2D eigenvalue weighted by Crippen LogP contribution is 2.46. The maximum atomic E-state index is 13.4. The van der Waals surface area contributed by atoms with E-state index < -0.39 is 0 Å². The van der Waals surface area contributed by atoms with E-state index in [2.05, 4.69) is 47.7 Å². The average Bonchev–Trinajstić information content (AvgIpc) is 3.12. The summed E-state index contributed by atoms with van der Waals surface area (Å²) in [7, 11) is 0. The number of piperazine rings is 1. The molecule has 1 unspecified atom stereocenters. The van der Waals surface area contributed by atoms with Gasteiger partial charge < -0.3 is 10.2 Å². The van der Waals surface area contributed by atoms with E-state index in [0.717, 1.165) is 32.5 Å². The second-order valence-electron chi connectivity index (χ2n) is 12.1. The fraction of sp³-hybridized carbons (Fsp3) is 0.774. The number of hydrogen-bond acceptors (Lipinski definition) is 4. The first-order chi connectivity index (χ1) is 17.8. The maximum Gasteiger partial charge on any atom is 0.226 e. The molecule has 37 heavy (non-hydrogen) atoms. The van der Waals surface area contributed by atoms with Gasteiger partial charge in [-0.15, -0.1) is 0 Å². The molecule has 2 heterocycles. The van der Waals surface area contributed by atoms with Crippen LogP contribution in [-0.2, 0) is 4.79 Å². The second-order valence-corrected chi connectivity index (χ2v) is 12.1. The number of amides is 1. The quantitative estimate of drug-likeness (QED) is 0.526. The molecule has 2 aliphatic heterocycles. The van der Waals surface area contributed by atoms with Gasteiger partial charge in [-0.2, -0.15) is 0 Å². The number of nitrogens with zero attached hydrogens (tertiary/aromatic N) is 3. The van der Waals surface area contributed by atoms with Crippen LogP contribution in [0.25, 0.3) is 0 Å². The van der Waals surface area contributed by atoms with Gasteiger partial charge in [0.25, 0.3) is 0 Å². The largest absolute Gasteiger partial charge is 0.353 e. The molecule has 210 valence electrons. The Kier molecular flexibility index (Phi) is 12.3. The van der Waals surface area contributed by atoms with Crippen LogP contribution in [-0.4, -0.2) is 85.0 Å². The Labute approximate surface area is 226 Å². The van der Waals surface area contributed by atoms with E-state index in [-0.39, 0.29) is 17.3 Å². The smallest absolute Gasteiger partial charge is 0.226 e. The molecule has 1 aliphatic carbocycles. The summed E-state index contributed by atoms with van der Waals surface area (Å²) in [6.45, 7) is 18.2. The zero-order chi connectivity index (χ0) is 26.7. The van der Waals surface area contributed by atoms with Gasteiger partial charge in [-0.1, -0.05) is 37.5 Å². The topological polar surface area (TPSA) is 38.8 Å². The standard InChI is InChI=1S/C25H48N4O.C6H5F/c1-21(2)26-24(30)25(23-9-6-5-7-10-23)11-8-13-27(14-12-25)15-16-28-17-19-29(20-18-28)22(3)4;7-6-4-2-1-3-5-6/h21-23H,5-20H2,1-4H3,(H,26,30);1-5H. The Hall–Kier alpha value is -1.50. The normalized spacial score (nSPS) is 24.9. The van der Waals surface area contributed by atoms with Crippen molar-refractivity contribution in [3.05, 3.63) is 36.1 Å². The van der Waals surface area contributed by atoms with Crippen LogP contribution in [0, 0.1) is 17.2 Å². The van der Waals surface area contributed by atoms with Gasteiger partial charge in [0.15, 0.2) is 0 Å². The highest BCUT2D eigenvalue weighted by atomic mass is 19.1. The van der Waals surface area contributed by atoms with Gasteiger partial charge in [-0.05, 0) is 90.9 Å². The van der Waals surface area contributed by atoms with Crippen LogP contribution in [0.4, 0.5) is 4.39 Å². The lowest BCUT2D eigenvalue weighted by Gasteiger charge is -2.41. The minimum Gasteiger partial charge on any atom is -0.353 e. The van der Waals surface area contributed by atoms with Gasteiger partial charge >= 0.3 is 0 Å². The van der Waals surface area contributed by atoms with Crippen molar-refractivity contribution in [3.8, 4) is 0 Å². The zero-order valence-corrected chi connectivity index (χ0v) is 24.1. The first-order valence-corrected chi connectivity index (χ1v) is 15.0. The van der Waals surface area contributed by atoms with Crippen molar-refractivity contribution in [2.24, 2.45) is 11.3 Å². The minimum absolute atomic E-state index is 0.123. The molecule has 5 nitrogen and oxygen atoms in total. The molecule has 1 aromatic carbocycles. The van der Waals surface area contributed by atoms with E-state index >= 15 is 0 Å². The summed E-state index contributed by atoms with van der Waals surface area (Å²) in [5, 5.41) is 3.32. The number of halogens is 1. The molecule has 2 saturated heterocycles. The predicted octanol–water partition coefficient (Wildman–Crippen LogP) is 5.42. The van der Waals surface area contributed by atoms with E-state index in [1.807, 2.05) is 0 Å². The highest BCUT2D eigenvalue weighted by molar-refractivity contribution is 5.83. The van der Waals surface area contributed by atoms with Crippen LogP contribution < -0.4 is 5.32 Å².